The second-order valence-corrected chi connectivity index (χ2v) is 11.6. The number of carbonyl (C=O) groups is 2. The van der Waals surface area contributed by atoms with Gasteiger partial charge in [-0.1, -0.05) is 25.3 Å². The Balaban J connectivity index is 1.40. The Bertz CT molecular complexity index is 1260. The molecular weight excluding hydrogens is 518 g/mol. The van der Waals surface area contributed by atoms with Crippen molar-refractivity contribution in [1.82, 2.24) is 20.2 Å². The van der Waals surface area contributed by atoms with E-state index in [1.54, 1.807) is 37.4 Å². The molecule has 1 unspecified atom stereocenters. The van der Waals surface area contributed by atoms with Crippen LogP contribution in [-0.4, -0.2) is 79.6 Å². The lowest BCUT2D eigenvalue weighted by Crippen LogP contribution is -2.46. The maximum Gasteiger partial charge on any atom is 0.251 e. The van der Waals surface area contributed by atoms with Gasteiger partial charge in [0.2, 0.25) is 11.9 Å². The number of nitrogens with zero attached hydrogens (tertiary/aromatic N) is 5. The number of aromatic nitrogens is 2. The molecule has 0 spiro atoms. The first-order chi connectivity index (χ1) is 19.9. The summed E-state index contributed by atoms with van der Waals surface area (Å²) in [5, 5.41) is 6.46. The van der Waals surface area contributed by atoms with Gasteiger partial charge in [-0.05, 0) is 63.9 Å². The van der Waals surface area contributed by atoms with Crippen LogP contribution in [0.1, 0.15) is 61.7 Å². The van der Waals surface area contributed by atoms with Crippen LogP contribution >= 0.6 is 0 Å². The first-order valence-electron chi connectivity index (χ1n) is 14.8. The van der Waals surface area contributed by atoms with Gasteiger partial charge in [-0.25, -0.2) is 4.98 Å². The number of allylic oxidation sites excluding steroid dienone is 1. The number of rotatable bonds is 8. The molecule has 1 saturated heterocycles. The van der Waals surface area contributed by atoms with Crippen molar-refractivity contribution in [3.63, 3.8) is 0 Å². The van der Waals surface area contributed by atoms with E-state index in [1.165, 1.54) is 19.3 Å². The highest BCUT2D eigenvalue weighted by atomic mass is 16.5. The van der Waals surface area contributed by atoms with Gasteiger partial charge in [-0.3, -0.25) is 9.59 Å². The number of benzene rings is 1. The van der Waals surface area contributed by atoms with E-state index in [2.05, 4.69) is 39.0 Å². The summed E-state index contributed by atoms with van der Waals surface area (Å²) >= 11 is 0. The third-order valence-corrected chi connectivity index (χ3v) is 8.62. The predicted molar refractivity (Wildman–Crippen MR) is 162 cm³/mol. The molecule has 2 N–H and O–H groups in total. The number of likely N-dealkylation sites (tertiary alicyclic amines) is 1. The molecule has 1 aromatic heterocycles. The lowest BCUT2D eigenvalue weighted by atomic mass is 9.93. The Labute approximate surface area is 243 Å². The molecular formula is C31H43N7O3. The fourth-order valence-electron chi connectivity index (χ4n) is 6.37. The minimum absolute atomic E-state index is 0.0594. The zero-order valence-electron chi connectivity index (χ0n) is 24.6. The van der Waals surface area contributed by atoms with Gasteiger partial charge in [0.25, 0.3) is 5.91 Å². The molecule has 2 atom stereocenters. The average molecular weight is 562 g/mol. The number of fused-ring (bicyclic) bond motifs is 1. The van der Waals surface area contributed by atoms with Crippen LogP contribution in [-0.2, 0) is 4.79 Å². The molecule has 0 bridgehead atoms. The molecule has 0 radical (unpaired) electrons. The molecule has 3 heterocycles. The summed E-state index contributed by atoms with van der Waals surface area (Å²) in [5.41, 5.74) is 1.92. The first kappa shape index (κ1) is 28.9. The van der Waals surface area contributed by atoms with Crippen molar-refractivity contribution >= 4 is 35.0 Å². The lowest BCUT2D eigenvalue weighted by Gasteiger charge is -2.36. The van der Waals surface area contributed by atoms with Crippen LogP contribution in [0.15, 0.2) is 37.1 Å². The van der Waals surface area contributed by atoms with E-state index < -0.39 is 0 Å². The Morgan fingerprint density at radius 3 is 2.68 bits per heavy atom. The number of ether oxygens (including phenoxy) is 1. The van der Waals surface area contributed by atoms with Gasteiger partial charge in [-0.2, -0.15) is 4.98 Å². The summed E-state index contributed by atoms with van der Waals surface area (Å²) in [5.74, 6) is 1.47. The minimum Gasteiger partial charge on any atom is -0.495 e. The molecule has 3 aliphatic rings. The summed E-state index contributed by atoms with van der Waals surface area (Å²) < 4.78 is 5.66. The Morgan fingerprint density at radius 2 is 1.95 bits per heavy atom. The molecule has 2 amide bonds. The number of nitrogens with one attached hydrogen (secondary N) is 2. The quantitative estimate of drug-likeness (QED) is 0.459. The topological polar surface area (TPSA) is 103 Å². The molecule has 10 heteroatoms. The Kier molecular flexibility index (Phi) is 9.07. The number of hydrogen-bond donors (Lipinski definition) is 2. The third-order valence-electron chi connectivity index (χ3n) is 8.62. The predicted octanol–water partition coefficient (Wildman–Crippen LogP) is 4.36. The van der Waals surface area contributed by atoms with Crippen LogP contribution in [0.4, 0.5) is 23.1 Å². The zero-order chi connectivity index (χ0) is 28.9. The summed E-state index contributed by atoms with van der Waals surface area (Å²) in [6.07, 6.45) is 12.0. The van der Waals surface area contributed by atoms with Crippen LogP contribution in [0.2, 0.25) is 0 Å². The van der Waals surface area contributed by atoms with E-state index in [0.29, 0.717) is 47.6 Å². The van der Waals surface area contributed by atoms with Crippen molar-refractivity contribution in [3.05, 3.63) is 42.6 Å². The smallest absolute Gasteiger partial charge is 0.251 e. The Morgan fingerprint density at radius 1 is 1.15 bits per heavy atom. The number of amides is 2. The van der Waals surface area contributed by atoms with Crippen LogP contribution in [0, 0.1) is 5.92 Å². The van der Waals surface area contributed by atoms with E-state index in [0.717, 1.165) is 44.6 Å². The van der Waals surface area contributed by atoms with Crippen molar-refractivity contribution in [3.8, 4) is 5.75 Å². The number of hydrogen-bond acceptors (Lipinski definition) is 8. The summed E-state index contributed by atoms with van der Waals surface area (Å²) in [7, 11) is 5.47. The highest BCUT2D eigenvalue weighted by Crippen LogP contribution is 2.38. The number of carbonyl (C=O) groups excluding carboxylic acids is 2. The van der Waals surface area contributed by atoms with Gasteiger partial charge in [0.15, 0.2) is 5.82 Å². The fourth-order valence-corrected chi connectivity index (χ4v) is 6.37. The van der Waals surface area contributed by atoms with Crippen LogP contribution in [0.25, 0.3) is 0 Å². The molecule has 2 aliphatic heterocycles. The van der Waals surface area contributed by atoms with Crippen molar-refractivity contribution in [1.29, 1.82) is 0 Å². The molecule has 220 valence electrons. The number of anilines is 4. The molecule has 2 fully saturated rings. The molecule has 10 nitrogen and oxygen atoms in total. The van der Waals surface area contributed by atoms with Crippen LogP contribution < -0.4 is 25.2 Å². The number of likely N-dealkylation sites (N-methyl/N-ethyl adjacent to an activating group) is 1. The third kappa shape index (κ3) is 6.48. The van der Waals surface area contributed by atoms with Crippen molar-refractivity contribution in [2.75, 3.05) is 56.0 Å². The molecule has 1 aliphatic carbocycles. The van der Waals surface area contributed by atoms with Gasteiger partial charge >= 0.3 is 0 Å². The zero-order valence-corrected chi connectivity index (χ0v) is 24.6. The van der Waals surface area contributed by atoms with E-state index in [-0.39, 0.29) is 23.8 Å². The van der Waals surface area contributed by atoms with E-state index in [1.807, 2.05) is 12.1 Å². The van der Waals surface area contributed by atoms with E-state index in [9.17, 15) is 9.59 Å². The van der Waals surface area contributed by atoms with Crippen LogP contribution in [0.5, 0.6) is 5.75 Å². The number of piperidine rings is 1. The van der Waals surface area contributed by atoms with Crippen molar-refractivity contribution < 1.29 is 14.3 Å². The highest BCUT2D eigenvalue weighted by molar-refractivity contribution is 5.99. The highest BCUT2D eigenvalue weighted by Gasteiger charge is 2.36. The van der Waals surface area contributed by atoms with Crippen molar-refractivity contribution in [2.45, 2.75) is 63.5 Å². The average Bonchev–Trinajstić information content (AvgIpc) is 3.08. The Hall–Kier alpha value is -3.66. The summed E-state index contributed by atoms with van der Waals surface area (Å²) in [6.45, 7) is 6.41. The molecule has 5 rings (SSSR count). The maximum atomic E-state index is 13.3. The molecule has 2 aromatic rings. The van der Waals surface area contributed by atoms with E-state index in [4.69, 9.17) is 9.72 Å². The molecule has 1 aromatic carbocycles. The second kappa shape index (κ2) is 12.9. The summed E-state index contributed by atoms with van der Waals surface area (Å²) in [6, 6.07) is 5.82. The first-order valence-corrected chi connectivity index (χ1v) is 14.8. The van der Waals surface area contributed by atoms with Crippen LogP contribution in [0.3, 0.4) is 0 Å². The molecule has 1 saturated carbocycles. The number of methoxy groups -OCH3 is 1. The normalized spacial score (nSPS) is 22.1. The molecule has 41 heavy (non-hydrogen) atoms. The van der Waals surface area contributed by atoms with Gasteiger partial charge < -0.3 is 30.1 Å². The standard InChI is InChI=1S/C31H43N7O3/c1-5-10-22-19-38(24-12-7-6-8-13-24)28-26(37(3)30(22)40)18-32-31(35-28)34-25-15-14-21(17-27(25)41-4)29(39)33-23-11-9-16-36(2)20-23/h5,14-15,17-18,22-24H,1,6-13,16,19-20H2,2-4H3,(H,33,39)(H,32,34,35)/t22?,23-/m0/s1. The van der Waals surface area contributed by atoms with Crippen molar-refractivity contribution in [2.24, 2.45) is 5.92 Å². The lowest BCUT2D eigenvalue weighted by molar-refractivity contribution is -0.121. The largest absolute Gasteiger partial charge is 0.495 e. The van der Waals surface area contributed by atoms with E-state index >= 15 is 0 Å². The SMILES string of the molecule is C=CCC1CN(C2CCCCC2)c2nc(Nc3ccc(C(=O)N[C@H]4CCCN(C)C4)cc3OC)ncc2N(C)C1=O. The summed E-state index contributed by atoms with van der Waals surface area (Å²) in [4.78, 5) is 42.1. The maximum absolute atomic E-state index is 13.3. The second-order valence-electron chi connectivity index (χ2n) is 11.6. The fraction of sp³-hybridized carbons (Fsp3) is 0.548. The van der Waals surface area contributed by atoms with Gasteiger partial charge in [0.05, 0.1) is 24.9 Å². The van der Waals surface area contributed by atoms with Gasteiger partial charge in [0.1, 0.15) is 11.4 Å². The monoisotopic (exact) mass is 561 g/mol. The minimum atomic E-state index is -0.183. The van der Waals surface area contributed by atoms with Gasteiger partial charge in [-0.15, -0.1) is 6.58 Å². The van der Waals surface area contributed by atoms with Gasteiger partial charge in [0, 0.05) is 37.8 Å².